The zero-order valence-electron chi connectivity index (χ0n) is 7.74. The number of rotatable bonds is 4. The lowest BCUT2D eigenvalue weighted by Crippen LogP contribution is -2.09. The van der Waals surface area contributed by atoms with E-state index in [1.807, 2.05) is 13.8 Å². The van der Waals surface area contributed by atoms with Crippen LogP contribution in [0.25, 0.3) is 0 Å². The molecular weight excluding hydrogens is 176 g/mol. The van der Waals surface area contributed by atoms with Gasteiger partial charge in [-0.15, -0.1) is 10.2 Å². The molecule has 0 aliphatic rings. The highest BCUT2D eigenvalue weighted by Gasteiger charge is 2.15. The molecule has 0 amide bonds. The van der Waals surface area contributed by atoms with Gasteiger partial charge in [0.05, 0.1) is 0 Å². The van der Waals surface area contributed by atoms with Gasteiger partial charge in [0.2, 0.25) is 0 Å². The number of hydrogen-bond acceptors (Lipinski definition) is 2. The molecule has 0 bridgehead atoms. The van der Waals surface area contributed by atoms with Gasteiger partial charge < -0.3 is 4.57 Å². The van der Waals surface area contributed by atoms with E-state index >= 15 is 0 Å². The molecule has 0 saturated heterocycles. The summed E-state index contributed by atoms with van der Waals surface area (Å²) in [5.74, 6) is 0.133. The van der Waals surface area contributed by atoms with Crippen molar-refractivity contribution in [2.24, 2.45) is 5.92 Å². The Morgan fingerprint density at radius 2 is 2.23 bits per heavy atom. The first kappa shape index (κ1) is 10.1. The molecule has 0 aliphatic heterocycles. The molecule has 5 heteroatoms. The Hall–Kier alpha value is -1.00. The van der Waals surface area contributed by atoms with Crippen molar-refractivity contribution in [2.45, 2.75) is 33.2 Å². The molecule has 74 valence electrons. The zero-order valence-corrected chi connectivity index (χ0v) is 7.74. The average molecular weight is 189 g/mol. The van der Waals surface area contributed by atoms with E-state index < -0.39 is 6.43 Å². The van der Waals surface area contributed by atoms with Crippen molar-refractivity contribution in [1.82, 2.24) is 14.8 Å². The van der Waals surface area contributed by atoms with E-state index in [0.717, 1.165) is 6.42 Å². The van der Waals surface area contributed by atoms with Crippen LogP contribution in [0.2, 0.25) is 0 Å². The number of nitrogens with zero attached hydrogens (tertiary/aromatic N) is 3. The van der Waals surface area contributed by atoms with Crippen molar-refractivity contribution in [3.63, 3.8) is 0 Å². The summed E-state index contributed by atoms with van der Waals surface area (Å²) >= 11 is 0. The van der Waals surface area contributed by atoms with Crippen LogP contribution in [0, 0.1) is 5.92 Å². The predicted octanol–water partition coefficient (Wildman–Crippen LogP) is 2.26. The summed E-state index contributed by atoms with van der Waals surface area (Å²) in [6.07, 6.45) is -0.222. The van der Waals surface area contributed by atoms with Gasteiger partial charge in [0.25, 0.3) is 6.43 Å². The van der Waals surface area contributed by atoms with Crippen molar-refractivity contribution in [3.05, 3.63) is 12.2 Å². The molecule has 1 atom stereocenters. The molecule has 1 unspecified atom stereocenters. The largest absolute Gasteiger partial charge is 0.312 e. The lowest BCUT2D eigenvalue weighted by atomic mass is 10.1. The summed E-state index contributed by atoms with van der Waals surface area (Å²) in [5.41, 5.74) is 0. The van der Waals surface area contributed by atoms with Crippen LogP contribution in [0.5, 0.6) is 0 Å². The lowest BCUT2D eigenvalue weighted by molar-refractivity contribution is 0.133. The molecule has 3 nitrogen and oxygen atoms in total. The molecule has 1 rings (SSSR count). The minimum atomic E-state index is -2.54. The van der Waals surface area contributed by atoms with Crippen molar-refractivity contribution in [2.75, 3.05) is 0 Å². The van der Waals surface area contributed by atoms with Crippen molar-refractivity contribution in [3.8, 4) is 0 Å². The maximum Gasteiger partial charge on any atom is 0.297 e. The van der Waals surface area contributed by atoms with E-state index in [0.29, 0.717) is 12.5 Å². The van der Waals surface area contributed by atoms with Crippen LogP contribution in [0.15, 0.2) is 6.33 Å². The van der Waals surface area contributed by atoms with Gasteiger partial charge in [-0.1, -0.05) is 20.3 Å². The minimum Gasteiger partial charge on any atom is -0.312 e. The first-order valence-corrected chi connectivity index (χ1v) is 4.31. The number of hydrogen-bond donors (Lipinski definition) is 0. The van der Waals surface area contributed by atoms with Gasteiger partial charge in [-0.25, -0.2) is 8.78 Å². The molecule has 1 aromatic rings. The van der Waals surface area contributed by atoms with E-state index in [9.17, 15) is 8.78 Å². The molecular formula is C8H13F2N3. The van der Waals surface area contributed by atoms with Crippen LogP contribution in [0.4, 0.5) is 8.78 Å². The molecule has 0 N–H and O–H groups in total. The molecule has 1 heterocycles. The third kappa shape index (κ3) is 2.47. The van der Waals surface area contributed by atoms with Crippen LogP contribution >= 0.6 is 0 Å². The van der Waals surface area contributed by atoms with Gasteiger partial charge in [0, 0.05) is 6.54 Å². The fourth-order valence-electron chi connectivity index (χ4n) is 1.04. The van der Waals surface area contributed by atoms with Crippen molar-refractivity contribution in [1.29, 1.82) is 0 Å². The smallest absolute Gasteiger partial charge is 0.297 e. The standard InChI is InChI=1S/C8H13F2N3/c1-3-6(2)4-13-5-11-12-8(13)7(9)10/h5-7H,3-4H2,1-2H3. The summed E-state index contributed by atoms with van der Waals surface area (Å²) in [6, 6.07) is 0. The second-order valence-corrected chi connectivity index (χ2v) is 3.16. The van der Waals surface area contributed by atoms with Crippen LogP contribution in [-0.4, -0.2) is 14.8 Å². The molecule has 0 radical (unpaired) electrons. The molecule has 0 fully saturated rings. The SMILES string of the molecule is CCC(C)Cn1cnnc1C(F)F. The Bertz CT molecular complexity index is 260. The fraction of sp³-hybridized carbons (Fsp3) is 0.750. The van der Waals surface area contributed by atoms with Crippen molar-refractivity contribution < 1.29 is 8.78 Å². The Morgan fingerprint density at radius 3 is 2.77 bits per heavy atom. The normalized spacial score (nSPS) is 13.6. The fourth-order valence-corrected chi connectivity index (χ4v) is 1.04. The third-order valence-electron chi connectivity index (χ3n) is 2.05. The quantitative estimate of drug-likeness (QED) is 0.727. The van der Waals surface area contributed by atoms with Gasteiger partial charge in [-0.05, 0) is 5.92 Å². The monoisotopic (exact) mass is 189 g/mol. The van der Waals surface area contributed by atoms with Gasteiger partial charge >= 0.3 is 0 Å². The Kier molecular flexibility index (Phi) is 3.33. The highest BCUT2D eigenvalue weighted by molar-refractivity contribution is 4.87. The predicted molar refractivity (Wildman–Crippen MR) is 44.4 cm³/mol. The molecule has 1 aromatic heterocycles. The average Bonchev–Trinajstić information content (AvgIpc) is 2.52. The Morgan fingerprint density at radius 1 is 1.54 bits per heavy atom. The summed E-state index contributed by atoms with van der Waals surface area (Å²) in [7, 11) is 0. The molecule has 0 spiro atoms. The van der Waals surface area contributed by atoms with Crippen LogP contribution < -0.4 is 0 Å². The zero-order chi connectivity index (χ0) is 9.84. The maximum atomic E-state index is 12.3. The van der Waals surface area contributed by atoms with Gasteiger partial charge in [-0.3, -0.25) is 0 Å². The van der Waals surface area contributed by atoms with Gasteiger partial charge in [0.1, 0.15) is 6.33 Å². The Balaban J connectivity index is 2.70. The van der Waals surface area contributed by atoms with Gasteiger partial charge in [-0.2, -0.15) is 0 Å². The lowest BCUT2D eigenvalue weighted by Gasteiger charge is -2.10. The van der Waals surface area contributed by atoms with Crippen LogP contribution in [0.3, 0.4) is 0 Å². The molecule has 13 heavy (non-hydrogen) atoms. The first-order valence-electron chi connectivity index (χ1n) is 4.31. The van der Waals surface area contributed by atoms with E-state index in [1.165, 1.54) is 10.9 Å². The number of alkyl halides is 2. The van der Waals surface area contributed by atoms with E-state index in [2.05, 4.69) is 10.2 Å². The van der Waals surface area contributed by atoms with Crippen LogP contribution in [0.1, 0.15) is 32.5 Å². The van der Waals surface area contributed by atoms with Crippen molar-refractivity contribution >= 4 is 0 Å². The van der Waals surface area contributed by atoms with Crippen LogP contribution in [-0.2, 0) is 6.54 Å². The molecule has 0 saturated carbocycles. The molecule has 0 aromatic carbocycles. The summed E-state index contributed by atoms with van der Waals surface area (Å²) in [5, 5.41) is 6.83. The Labute approximate surface area is 75.8 Å². The third-order valence-corrected chi connectivity index (χ3v) is 2.05. The maximum absolute atomic E-state index is 12.3. The van der Waals surface area contributed by atoms with E-state index in [4.69, 9.17) is 0 Å². The highest BCUT2D eigenvalue weighted by Crippen LogP contribution is 2.17. The number of halogens is 2. The van der Waals surface area contributed by atoms with Gasteiger partial charge in [0.15, 0.2) is 5.82 Å². The summed E-state index contributed by atoms with van der Waals surface area (Å²) in [6.45, 7) is 4.59. The first-order chi connectivity index (χ1) is 6.15. The topological polar surface area (TPSA) is 30.7 Å². The summed E-state index contributed by atoms with van der Waals surface area (Å²) < 4.78 is 26.0. The van der Waals surface area contributed by atoms with E-state index in [1.54, 1.807) is 0 Å². The van der Waals surface area contributed by atoms with E-state index in [-0.39, 0.29) is 5.82 Å². The number of aromatic nitrogens is 3. The minimum absolute atomic E-state index is 0.236. The highest BCUT2D eigenvalue weighted by atomic mass is 19.3. The molecule has 0 aliphatic carbocycles. The second kappa shape index (κ2) is 4.30. The summed E-state index contributed by atoms with van der Waals surface area (Å²) in [4.78, 5) is 0. The second-order valence-electron chi connectivity index (χ2n) is 3.16.